The van der Waals surface area contributed by atoms with Gasteiger partial charge in [-0.3, -0.25) is 4.79 Å². The Morgan fingerprint density at radius 3 is 2.00 bits per heavy atom. The van der Waals surface area contributed by atoms with Crippen molar-refractivity contribution in [3.8, 4) is 0 Å². The van der Waals surface area contributed by atoms with E-state index in [1.54, 1.807) is 0 Å². The van der Waals surface area contributed by atoms with Crippen LogP contribution in [0.5, 0.6) is 0 Å². The molecule has 0 unspecified atom stereocenters. The molecule has 0 saturated heterocycles. The zero-order valence-corrected chi connectivity index (χ0v) is 4.05. The molecule has 0 aliphatic heterocycles. The molecular weight excluding hydrogens is 99.0 g/mol. The molecule has 0 radical (unpaired) electrons. The Kier molecular flexibility index (Phi) is 3.19. The molecule has 0 aromatic carbocycles. The van der Waals surface area contributed by atoms with Crippen LogP contribution in [-0.2, 0) is 4.79 Å². The van der Waals surface area contributed by atoms with Gasteiger partial charge in [-0.25, -0.2) is 0 Å². The first-order valence-electron chi connectivity index (χ1n) is 2.53. The Balaban J connectivity index is 0.000000490. The number of hydrogen-bond donors (Lipinski definition) is 1. The van der Waals surface area contributed by atoms with E-state index in [2.05, 4.69) is 0 Å². The number of carbonyl (C=O) groups is 1. The Morgan fingerprint density at radius 2 is 2.00 bits per heavy atom. The minimum absolute atomic E-state index is 0. The second-order valence-electron chi connectivity index (χ2n) is 1.97. The normalized spacial score (nSPS) is 18.5. The van der Waals surface area contributed by atoms with Crippen LogP contribution in [-0.4, -0.2) is 29.9 Å². The molecule has 3 heteroatoms. The molecule has 1 aliphatic carbocycles. The predicted molar refractivity (Wildman–Crippen MR) is 32.1 cm³/mol. The van der Waals surface area contributed by atoms with Gasteiger partial charge in [0.25, 0.3) is 0 Å². The quantitative estimate of drug-likeness (QED) is 0.488. The molecule has 2 nitrogen and oxygen atoms in total. The van der Waals surface area contributed by atoms with Gasteiger partial charge in [0.05, 0.1) is 5.92 Å². The SMILES string of the molecule is O=C(O)C1CCC1.[LiH]. The number of rotatable bonds is 1. The van der Waals surface area contributed by atoms with E-state index in [4.69, 9.17) is 5.11 Å². The van der Waals surface area contributed by atoms with Crippen LogP contribution in [0.2, 0.25) is 0 Å². The molecule has 0 aromatic rings. The number of hydrogen-bond acceptors (Lipinski definition) is 1. The van der Waals surface area contributed by atoms with E-state index in [1.165, 1.54) is 0 Å². The monoisotopic (exact) mass is 108 g/mol. The summed E-state index contributed by atoms with van der Waals surface area (Å²) in [5, 5.41) is 8.23. The predicted octanol–water partition coefficient (Wildman–Crippen LogP) is 0.223. The van der Waals surface area contributed by atoms with E-state index in [-0.39, 0.29) is 24.8 Å². The van der Waals surface area contributed by atoms with Crippen LogP contribution in [0, 0.1) is 5.92 Å². The Morgan fingerprint density at radius 1 is 1.50 bits per heavy atom. The van der Waals surface area contributed by atoms with Crippen LogP contribution in [0.25, 0.3) is 0 Å². The Hall–Kier alpha value is 0.0674. The summed E-state index contributed by atoms with van der Waals surface area (Å²) >= 11 is 0. The first-order valence-corrected chi connectivity index (χ1v) is 2.53. The number of carboxylic acid groups (broad SMARTS) is 1. The third kappa shape index (κ3) is 1.54. The second-order valence-corrected chi connectivity index (χ2v) is 1.97. The molecular formula is C5H9LiO2. The number of carboxylic acids is 1. The van der Waals surface area contributed by atoms with Gasteiger partial charge < -0.3 is 5.11 Å². The molecule has 8 heavy (non-hydrogen) atoms. The Labute approximate surface area is 60.4 Å². The van der Waals surface area contributed by atoms with E-state index < -0.39 is 5.97 Å². The average molecular weight is 108 g/mol. The summed E-state index contributed by atoms with van der Waals surface area (Å²) in [5.74, 6) is -0.619. The number of aliphatic carboxylic acids is 1. The van der Waals surface area contributed by atoms with Crippen molar-refractivity contribution in [3.63, 3.8) is 0 Å². The van der Waals surface area contributed by atoms with Gasteiger partial charge in [-0.2, -0.15) is 0 Å². The molecule has 1 fully saturated rings. The fraction of sp³-hybridized carbons (Fsp3) is 0.800. The van der Waals surface area contributed by atoms with Gasteiger partial charge in [-0.05, 0) is 12.8 Å². The van der Waals surface area contributed by atoms with Crippen LogP contribution in [0.1, 0.15) is 19.3 Å². The summed E-state index contributed by atoms with van der Waals surface area (Å²) in [6, 6.07) is 0. The fourth-order valence-electron chi connectivity index (χ4n) is 0.655. The minimum atomic E-state index is -0.619. The van der Waals surface area contributed by atoms with Crippen molar-refractivity contribution >= 4 is 24.8 Å². The summed E-state index contributed by atoms with van der Waals surface area (Å²) in [6.07, 6.45) is 2.90. The van der Waals surface area contributed by atoms with Crippen molar-refractivity contribution in [2.45, 2.75) is 19.3 Å². The average Bonchev–Trinajstić information content (AvgIpc) is 1.23. The van der Waals surface area contributed by atoms with E-state index in [1.807, 2.05) is 0 Å². The van der Waals surface area contributed by atoms with E-state index in [0.717, 1.165) is 19.3 Å². The van der Waals surface area contributed by atoms with Crippen LogP contribution >= 0.6 is 0 Å². The van der Waals surface area contributed by atoms with E-state index >= 15 is 0 Å². The van der Waals surface area contributed by atoms with Crippen molar-refractivity contribution in [3.05, 3.63) is 0 Å². The van der Waals surface area contributed by atoms with Crippen LogP contribution in [0.15, 0.2) is 0 Å². The molecule has 1 rings (SSSR count). The first kappa shape index (κ1) is 8.07. The molecule has 0 heterocycles. The van der Waals surface area contributed by atoms with E-state index in [9.17, 15) is 4.79 Å². The summed E-state index contributed by atoms with van der Waals surface area (Å²) < 4.78 is 0. The molecule has 1 N–H and O–H groups in total. The van der Waals surface area contributed by atoms with Crippen molar-refractivity contribution < 1.29 is 9.90 Å². The standard InChI is InChI=1S/C5H8O2.Li.H/c6-5(7)4-2-1-3-4;;/h4H,1-3H2,(H,6,7);;. The van der Waals surface area contributed by atoms with Crippen molar-refractivity contribution in [2.24, 2.45) is 5.92 Å². The van der Waals surface area contributed by atoms with Gasteiger partial charge in [-0.1, -0.05) is 6.42 Å². The first-order chi connectivity index (χ1) is 3.30. The zero-order chi connectivity index (χ0) is 5.28. The van der Waals surface area contributed by atoms with E-state index in [0.29, 0.717) is 0 Å². The van der Waals surface area contributed by atoms with Gasteiger partial charge in [0, 0.05) is 0 Å². The fourth-order valence-corrected chi connectivity index (χ4v) is 0.655. The maximum absolute atomic E-state index is 9.98. The van der Waals surface area contributed by atoms with Crippen LogP contribution in [0.4, 0.5) is 0 Å². The molecule has 1 aliphatic rings. The van der Waals surface area contributed by atoms with Gasteiger partial charge in [0.1, 0.15) is 0 Å². The molecule has 0 aromatic heterocycles. The Bertz CT molecular complexity index is 88.4. The van der Waals surface area contributed by atoms with Crippen molar-refractivity contribution in [1.29, 1.82) is 0 Å². The molecule has 0 amide bonds. The molecule has 42 valence electrons. The molecule has 0 spiro atoms. The van der Waals surface area contributed by atoms with Crippen LogP contribution < -0.4 is 0 Å². The summed E-state index contributed by atoms with van der Waals surface area (Å²) in [5.41, 5.74) is 0. The summed E-state index contributed by atoms with van der Waals surface area (Å²) in [6.45, 7) is 0. The third-order valence-electron chi connectivity index (χ3n) is 1.45. The summed E-state index contributed by atoms with van der Waals surface area (Å²) in [7, 11) is 0. The molecule has 0 atom stereocenters. The topological polar surface area (TPSA) is 37.3 Å². The molecule has 0 bridgehead atoms. The zero-order valence-electron chi connectivity index (χ0n) is 4.05. The maximum atomic E-state index is 9.98. The van der Waals surface area contributed by atoms with Gasteiger partial charge >= 0.3 is 24.8 Å². The summed E-state index contributed by atoms with van der Waals surface area (Å²) in [4.78, 5) is 9.98. The van der Waals surface area contributed by atoms with Crippen LogP contribution in [0.3, 0.4) is 0 Å². The third-order valence-corrected chi connectivity index (χ3v) is 1.45. The van der Waals surface area contributed by atoms with Gasteiger partial charge in [0.15, 0.2) is 0 Å². The second kappa shape index (κ2) is 3.16. The van der Waals surface area contributed by atoms with Gasteiger partial charge in [-0.15, -0.1) is 0 Å². The van der Waals surface area contributed by atoms with Crippen molar-refractivity contribution in [1.82, 2.24) is 0 Å². The van der Waals surface area contributed by atoms with Gasteiger partial charge in [0.2, 0.25) is 0 Å². The van der Waals surface area contributed by atoms with Crippen molar-refractivity contribution in [2.75, 3.05) is 0 Å². The molecule has 1 saturated carbocycles.